The van der Waals surface area contributed by atoms with Gasteiger partial charge in [-0.05, 0) is 79.6 Å². The molecule has 4 atom stereocenters. The number of ketones is 2. The molecule has 0 aromatic rings. The predicted molar refractivity (Wildman–Crippen MR) is 166 cm³/mol. The van der Waals surface area contributed by atoms with Crippen LogP contribution in [0.3, 0.4) is 0 Å². The zero-order valence-corrected chi connectivity index (χ0v) is 27.4. The summed E-state index contributed by atoms with van der Waals surface area (Å²) in [6.45, 7) is 8.25. The molecule has 0 unspecified atom stereocenters. The maximum absolute atomic E-state index is 11.7. The van der Waals surface area contributed by atoms with E-state index in [9.17, 15) is 29.4 Å². The lowest BCUT2D eigenvalue weighted by Gasteiger charge is -2.17. The molecule has 0 aliphatic carbocycles. The van der Waals surface area contributed by atoms with Crippen LogP contribution in [0.4, 0.5) is 0 Å². The molecular formula is C32H62N2O8. The molecule has 0 aromatic carbocycles. The summed E-state index contributed by atoms with van der Waals surface area (Å²) in [4.78, 5) is 46.4. The van der Waals surface area contributed by atoms with Crippen molar-refractivity contribution in [2.24, 2.45) is 0 Å². The van der Waals surface area contributed by atoms with Crippen molar-refractivity contribution in [2.75, 3.05) is 27.2 Å². The smallest absolute Gasteiger partial charge is 0.335 e. The molecule has 10 nitrogen and oxygen atoms in total. The summed E-state index contributed by atoms with van der Waals surface area (Å²) in [7, 11) is 3.49. The van der Waals surface area contributed by atoms with Crippen molar-refractivity contribution in [1.29, 1.82) is 0 Å². The number of unbranched alkanes of at least 4 members (excludes halogenated alkanes) is 10. The molecule has 0 rings (SSSR count). The van der Waals surface area contributed by atoms with Crippen molar-refractivity contribution in [2.45, 2.75) is 155 Å². The highest BCUT2D eigenvalue weighted by Gasteiger charge is 2.24. The van der Waals surface area contributed by atoms with Crippen LogP contribution in [0.2, 0.25) is 0 Å². The molecule has 0 spiro atoms. The van der Waals surface area contributed by atoms with Gasteiger partial charge in [-0.2, -0.15) is 0 Å². The second-order valence-electron chi connectivity index (χ2n) is 11.0. The Morgan fingerprint density at radius 2 is 0.857 bits per heavy atom. The van der Waals surface area contributed by atoms with Gasteiger partial charge in [-0.25, -0.2) is 9.59 Å². The zero-order valence-electron chi connectivity index (χ0n) is 27.4. The molecule has 0 bridgehead atoms. The lowest BCUT2D eigenvalue weighted by molar-refractivity contribution is -0.163. The van der Waals surface area contributed by atoms with Gasteiger partial charge in [-0.3, -0.25) is 9.59 Å². The second kappa shape index (κ2) is 29.2. The van der Waals surface area contributed by atoms with E-state index in [0.717, 1.165) is 38.5 Å². The van der Waals surface area contributed by atoms with Crippen molar-refractivity contribution < 1.29 is 38.9 Å². The lowest BCUT2D eigenvalue weighted by Crippen LogP contribution is -2.33. The van der Waals surface area contributed by atoms with Crippen molar-refractivity contribution in [3.63, 3.8) is 0 Å². The largest absolute Gasteiger partial charge is 0.452 e. The first-order valence-corrected chi connectivity index (χ1v) is 16.1. The highest BCUT2D eigenvalue weighted by molar-refractivity contribution is 5.85. The van der Waals surface area contributed by atoms with Gasteiger partial charge in [0, 0.05) is 0 Å². The van der Waals surface area contributed by atoms with Gasteiger partial charge < -0.3 is 30.3 Å². The molecule has 0 heterocycles. The minimum absolute atomic E-state index is 0.155. The predicted octanol–water partition coefficient (Wildman–Crippen LogP) is 4.42. The van der Waals surface area contributed by atoms with Crippen LogP contribution in [0.1, 0.15) is 130 Å². The van der Waals surface area contributed by atoms with Crippen molar-refractivity contribution in [1.82, 2.24) is 10.6 Å². The SMILES string of the molecule is CCCCCCCC[C@@H](OC(=O)[C@@H](O)CCNC)C(C)=O.CCCCCCCC[C@@H](OC(=O)[C@@H](O)CCNC)C(C)=O. The van der Waals surface area contributed by atoms with Gasteiger partial charge in [-0.15, -0.1) is 0 Å². The van der Waals surface area contributed by atoms with E-state index in [1.807, 2.05) is 0 Å². The fourth-order valence-corrected chi connectivity index (χ4v) is 4.15. The normalized spacial score (nSPS) is 13.7. The van der Waals surface area contributed by atoms with E-state index < -0.39 is 36.4 Å². The molecule has 0 fully saturated rings. The fourth-order valence-electron chi connectivity index (χ4n) is 4.15. The second-order valence-corrected chi connectivity index (χ2v) is 11.0. The van der Waals surface area contributed by atoms with Gasteiger partial charge in [0.2, 0.25) is 0 Å². The number of carbonyl (C=O) groups excluding carboxylic acids is 4. The standard InChI is InChI=1S/2C16H31NO4/c2*1-4-5-6-7-8-9-10-15(13(2)18)21-16(20)14(19)11-12-17-3/h2*14-15,17,19H,4-12H2,1-3H3/t2*14-,15+/m00/s1. The molecular weight excluding hydrogens is 540 g/mol. The molecule has 248 valence electrons. The summed E-state index contributed by atoms with van der Waals surface area (Å²) in [5, 5.41) is 25.0. The minimum atomic E-state index is -1.16. The van der Waals surface area contributed by atoms with Gasteiger partial charge in [0.15, 0.2) is 36.0 Å². The topological polar surface area (TPSA) is 151 Å². The number of aliphatic hydroxyl groups is 2. The van der Waals surface area contributed by atoms with Crippen LogP contribution in [0, 0.1) is 0 Å². The van der Waals surface area contributed by atoms with Crippen molar-refractivity contribution in [3.05, 3.63) is 0 Å². The van der Waals surface area contributed by atoms with Crippen LogP contribution < -0.4 is 10.6 Å². The number of carbonyl (C=O) groups is 4. The maximum atomic E-state index is 11.7. The van der Waals surface area contributed by atoms with Gasteiger partial charge in [0.05, 0.1) is 0 Å². The third-order valence-electron chi connectivity index (χ3n) is 6.94. The van der Waals surface area contributed by atoms with Crippen LogP contribution >= 0.6 is 0 Å². The molecule has 10 heteroatoms. The van der Waals surface area contributed by atoms with E-state index >= 15 is 0 Å². The van der Waals surface area contributed by atoms with Gasteiger partial charge in [0.25, 0.3) is 0 Å². The Morgan fingerprint density at radius 3 is 1.14 bits per heavy atom. The van der Waals surface area contributed by atoms with Crippen LogP contribution in [0.15, 0.2) is 0 Å². The van der Waals surface area contributed by atoms with Crippen LogP contribution in [0.25, 0.3) is 0 Å². The van der Waals surface area contributed by atoms with Crippen molar-refractivity contribution >= 4 is 23.5 Å². The van der Waals surface area contributed by atoms with Crippen LogP contribution in [-0.2, 0) is 28.7 Å². The Morgan fingerprint density at radius 1 is 0.548 bits per heavy atom. The van der Waals surface area contributed by atoms with Crippen molar-refractivity contribution in [3.8, 4) is 0 Å². The molecule has 42 heavy (non-hydrogen) atoms. The first-order valence-electron chi connectivity index (χ1n) is 16.1. The fraction of sp³-hybridized carbons (Fsp3) is 0.875. The molecule has 0 amide bonds. The Hall–Kier alpha value is -1.88. The van der Waals surface area contributed by atoms with E-state index in [1.54, 1.807) is 14.1 Å². The van der Waals surface area contributed by atoms with Crippen LogP contribution in [0.5, 0.6) is 0 Å². The summed E-state index contributed by atoms with van der Waals surface area (Å²) in [5.74, 6) is -1.71. The molecule has 0 radical (unpaired) electrons. The van der Waals surface area contributed by atoms with Gasteiger partial charge >= 0.3 is 11.9 Å². The summed E-state index contributed by atoms with van der Waals surface area (Å²) in [6, 6.07) is 0. The molecule has 0 aromatic heterocycles. The molecule has 4 N–H and O–H groups in total. The minimum Gasteiger partial charge on any atom is -0.452 e. The number of hydrogen-bond donors (Lipinski definition) is 4. The Labute approximate surface area is 255 Å². The van der Waals surface area contributed by atoms with Gasteiger partial charge in [0.1, 0.15) is 0 Å². The first-order chi connectivity index (χ1) is 20.0. The van der Waals surface area contributed by atoms with E-state index in [1.165, 1.54) is 52.4 Å². The third kappa shape index (κ3) is 24.7. The Kier molecular flexibility index (Phi) is 29.4. The summed E-state index contributed by atoms with van der Waals surface area (Å²) in [5.41, 5.74) is 0. The lowest BCUT2D eigenvalue weighted by atomic mass is 10.1. The van der Waals surface area contributed by atoms with E-state index in [4.69, 9.17) is 9.47 Å². The van der Waals surface area contributed by atoms with E-state index in [2.05, 4.69) is 24.5 Å². The number of ether oxygens (including phenoxy) is 2. The highest BCUT2D eigenvalue weighted by Crippen LogP contribution is 2.14. The maximum Gasteiger partial charge on any atom is 0.335 e. The summed E-state index contributed by atoms with van der Waals surface area (Å²) in [6.07, 6.45) is 11.4. The third-order valence-corrected chi connectivity index (χ3v) is 6.94. The summed E-state index contributed by atoms with van der Waals surface area (Å²) >= 11 is 0. The van der Waals surface area contributed by atoms with Gasteiger partial charge in [-0.1, -0.05) is 78.1 Å². The Bertz CT molecular complexity index is 646. The molecule has 0 saturated heterocycles. The number of Topliss-reactive ketones (excluding diaryl/α,β-unsaturated/α-hetero) is 2. The van der Waals surface area contributed by atoms with E-state index in [0.29, 0.717) is 25.9 Å². The quantitative estimate of drug-likeness (QED) is 0.0827. The summed E-state index contributed by atoms with van der Waals surface area (Å²) < 4.78 is 10.3. The molecule has 0 aliphatic heterocycles. The first kappa shape index (κ1) is 42.3. The number of hydrogen-bond acceptors (Lipinski definition) is 10. The monoisotopic (exact) mass is 602 g/mol. The number of esters is 2. The number of nitrogens with one attached hydrogen (secondary N) is 2. The molecule has 0 aliphatic rings. The van der Waals surface area contributed by atoms with E-state index in [-0.39, 0.29) is 24.4 Å². The average Bonchev–Trinajstić information content (AvgIpc) is 2.96. The highest BCUT2D eigenvalue weighted by atomic mass is 16.6. The Balaban J connectivity index is 0. The molecule has 0 saturated carbocycles. The average molecular weight is 603 g/mol. The number of rotatable bonds is 26. The number of aliphatic hydroxyl groups excluding tert-OH is 2. The zero-order chi connectivity index (χ0) is 32.2. The van der Waals surface area contributed by atoms with Crippen LogP contribution in [-0.4, -0.2) is 85.3 Å².